The molecule has 0 atom stereocenters. The highest BCUT2D eigenvalue weighted by molar-refractivity contribution is 5.80. The molecule has 3 rings (SSSR count). The van der Waals surface area contributed by atoms with E-state index >= 15 is 0 Å². The van der Waals surface area contributed by atoms with Gasteiger partial charge in [0.2, 0.25) is 11.6 Å². The molecule has 2 heterocycles. The molecule has 0 N–H and O–H groups in total. The summed E-state index contributed by atoms with van der Waals surface area (Å²) >= 11 is 0. The minimum Gasteiger partial charge on any atom is -0.478 e. The molecule has 0 saturated carbocycles. The van der Waals surface area contributed by atoms with E-state index in [4.69, 9.17) is 13.9 Å². The lowest BCUT2D eigenvalue weighted by Gasteiger charge is -2.08. The number of pyridine rings is 1. The van der Waals surface area contributed by atoms with E-state index in [1.807, 2.05) is 57.2 Å². The Bertz CT molecular complexity index is 1180. The summed E-state index contributed by atoms with van der Waals surface area (Å²) in [7, 11) is 0. The van der Waals surface area contributed by atoms with Gasteiger partial charge >= 0.3 is 11.6 Å². The van der Waals surface area contributed by atoms with Crippen LogP contribution in [0.5, 0.6) is 5.88 Å². The van der Waals surface area contributed by atoms with Crippen LogP contribution >= 0.6 is 0 Å². The van der Waals surface area contributed by atoms with Gasteiger partial charge < -0.3 is 13.9 Å². The molecule has 0 amide bonds. The molecule has 3 aromatic rings. The van der Waals surface area contributed by atoms with Gasteiger partial charge in [-0.2, -0.15) is 4.98 Å². The van der Waals surface area contributed by atoms with Crippen LogP contribution in [0.3, 0.4) is 0 Å². The van der Waals surface area contributed by atoms with Crippen molar-refractivity contribution in [3.8, 4) is 17.0 Å². The van der Waals surface area contributed by atoms with Crippen LogP contribution in [0, 0.1) is 13.8 Å². The summed E-state index contributed by atoms with van der Waals surface area (Å²) in [6.45, 7) is 6.97. The Morgan fingerprint density at radius 1 is 0.833 bits per heavy atom. The fraction of sp³-hybridized carbons (Fsp3) is 0.500. The van der Waals surface area contributed by atoms with Crippen molar-refractivity contribution in [3.63, 3.8) is 0 Å². The summed E-state index contributed by atoms with van der Waals surface area (Å²) in [5.41, 5.74) is 3.49. The summed E-state index contributed by atoms with van der Waals surface area (Å²) in [5, 5.41) is 0.778. The molecule has 6 heteroatoms. The highest BCUT2D eigenvalue weighted by Gasteiger charge is 2.12. The summed E-state index contributed by atoms with van der Waals surface area (Å²) in [4.78, 5) is 28.1. The topological polar surface area (TPSA) is 78.6 Å². The van der Waals surface area contributed by atoms with Crippen LogP contribution in [0.15, 0.2) is 45.6 Å². The van der Waals surface area contributed by atoms with Gasteiger partial charge in [-0.3, -0.25) is 4.79 Å². The van der Waals surface area contributed by atoms with Gasteiger partial charge in [-0.25, -0.2) is 4.79 Å². The zero-order chi connectivity index (χ0) is 25.8. The molecule has 0 aliphatic heterocycles. The maximum Gasteiger partial charge on any atom is 0.345 e. The summed E-state index contributed by atoms with van der Waals surface area (Å²) in [6, 6.07) is 11.6. The lowest BCUT2D eigenvalue weighted by Crippen LogP contribution is -2.05. The second-order valence-electron chi connectivity index (χ2n) is 9.41. The Morgan fingerprint density at radius 3 is 2.19 bits per heavy atom. The maximum absolute atomic E-state index is 12.7. The number of carbonyl (C=O) groups is 1. The number of carbonyl (C=O) groups excluding carboxylic acids is 1. The second kappa shape index (κ2) is 14.4. The number of unbranched alkanes of at least 4 members (excludes halogenated alkanes) is 8. The number of hydrogen-bond donors (Lipinski definition) is 0. The largest absolute Gasteiger partial charge is 0.478 e. The van der Waals surface area contributed by atoms with E-state index < -0.39 is 0 Å². The number of benzene rings is 1. The lowest BCUT2D eigenvalue weighted by molar-refractivity contribution is -0.143. The van der Waals surface area contributed by atoms with Gasteiger partial charge in [-0.15, -0.1) is 0 Å². The predicted octanol–water partition coefficient (Wildman–Crippen LogP) is 7.31. The number of nitrogens with zero attached hydrogens (tertiary/aromatic N) is 1. The minimum absolute atomic E-state index is 0.107. The zero-order valence-electron chi connectivity index (χ0n) is 21.9. The van der Waals surface area contributed by atoms with E-state index in [0.29, 0.717) is 36.8 Å². The second-order valence-corrected chi connectivity index (χ2v) is 9.41. The van der Waals surface area contributed by atoms with Crippen molar-refractivity contribution in [3.05, 3.63) is 57.9 Å². The monoisotopic (exact) mass is 493 g/mol. The Balaban J connectivity index is 1.34. The third-order valence-corrected chi connectivity index (χ3v) is 6.35. The van der Waals surface area contributed by atoms with Crippen LogP contribution in [0.1, 0.15) is 82.3 Å². The molecular formula is C30H39NO5. The molecule has 0 bridgehead atoms. The van der Waals surface area contributed by atoms with Gasteiger partial charge in [0.1, 0.15) is 0 Å². The van der Waals surface area contributed by atoms with E-state index in [9.17, 15) is 9.59 Å². The van der Waals surface area contributed by atoms with Gasteiger partial charge in [-0.1, -0.05) is 75.6 Å². The molecule has 2 aromatic heterocycles. The van der Waals surface area contributed by atoms with E-state index in [1.54, 1.807) is 0 Å². The SMILES string of the molecule is CCC(=O)OCCCCCCCCCCCOc1ccc2cc(-c3cc(C)ccc3C)c(=O)oc2n1. The molecule has 0 saturated heterocycles. The molecule has 36 heavy (non-hydrogen) atoms. The number of rotatable bonds is 15. The third kappa shape index (κ3) is 8.51. The highest BCUT2D eigenvalue weighted by Crippen LogP contribution is 2.25. The van der Waals surface area contributed by atoms with E-state index in [1.165, 1.54) is 32.1 Å². The Hall–Kier alpha value is -3.15. The first kappa shape index (κ1) is 27.4. The average Bonchev–Trinajstić information content (AvgIpc) is 2.87. The fourth-order valence-corrected chi connectivity index (χ4v) is 4.18. The van der Waals surface area contributed by atoms with Gasteiger partial charge in [0.25, 0.3) is 0 Å². The predicted molar refractivity (Wildman–Crippen MR) is 143 cm³/mol. The van der Waals surface area contributed by atoms with Crippen molar-refractivity contribution in [2.75, 3.05) is 13.2 Å². The zero-order valence-corrected chi connectivity index (χ0v) is 21.9. The molecule has 0 unspecified atom stereocenters. The quantitative estimate of drug-likeness (QED) is 0.163. The van der Waals surface area contributed by atoms with E-state index in [2.05, 4.69) is 4.98 Å². The van der Waals surface area contributed by atoms with Crippen LogP contribution in [-0.2, 0) is 9.53 Å². The van der Waals surface area contributed by atoms with Crippen LogP contribution in [0.25, 0.3) is 22.2 Å². The molecule has 0 radical (unpaired) electrons. The smallest absolute Gasteiger partial charge is 0.345 e. The number of hydrogen-bond acceptors (Lipinski definition) is 6. The van der Waals surface area contributed by atoms with E-state index in [0.717, 1.165) is 47.8 Å². The average molecular weight is 494 g/mol. The number of esters is 1. The van der Waals surface area contributed by atoms with Crippen molar-refractivity contribution < 1.29 is 18.7 Å². The third-order valence-electron chi connectivity index (χ3n) is 6.35. The van der Waals surface area contributed by atoms with Crippen molar-refractivity contribution in [2.24, 2.45) is 0 Å². The molecule has 6 nitrogen and oxygen atoms in total. The van der Waals surface area contributed by atoms with Gasteiger partial charge in [0, 0.05) is 17.9 Å². The highest BCUT2D eigenvalue weighted by atomic mass is 16.5. The van der Waals surface area contributed by atoms with Crippen LogP contribution in [0.4, 0.5) is 0 Å². The van der Waals surface area contributed by atoms with E-state index in [-0.39, 0.29) is 11.6 Å². The Kier molecular flexibility index (Phi) is 11.0. The van der Waals surface area contributed by atoms with Crippen LogP contribution in [-0.4, -0.2) is 24.2 Å². The van der Waals surface area contributed by atoms with Gasteiger partial charge in [-0.05, 0) is 49.9 Å². The van der Waals surface area contributed by atoms with Crippen LogP contribution < -0.4 is 10.4 Å². The Morgan fingerprint density at radius 2 is 1.50 bits per heavy atom. The Labute approximate surface area is 214 Å². The van der Waals surface area contributed by atoms with Crippen molar-refractivity contribution in [1.29, 1.82) is 0 Å². The van der Waals surface area contributed by atoms with Crippen molar-refractivity contribution in [1.82, 2.24) is 4.98 Å². The fourth-order valence-electron chi connectivity index (χ4n) is 4.18. The van der Waals surface area contributed by atoms with Crippen LogP contribution in [0.2, 0.25) is 0 Å². The van der Waals surface area contributed by atoms with Crippen molar-refractivity contribution >= 4 is 17.1 Å². The number of ether oxygens (including phenoxy) is 2. The summed E-state index contributed by atoms with van der Waals surface area (Å²) in [6.07, 6.45) is 10.7. The standard InChI is InChI=1S/C30H39NO5/c1-4-28(32)35-19-13-11-9-7-5-6-8-10-12-18-34-27-17-16-24-21-26(30(33)36-29(24)31-27)25-20-22(2)14-15-23(25)3/h14-17,20-21H,4-13,18-19H2,1-3H3. The molecule has 0 aliphatic carbocycles. The number of fused-ring (bicyclic) bond motifs is 1. The summed E-state index contributed by atoms with van der Waals surface area (Å²) < 4.78 is 16.4. The normalized spacial score (nSPS) is 11.1. The molecule has 0 aliphatic rings. The lowest BCUT2D eigenvalue weighted by atomic mass is 9.99. The first-order chi connectivity index (χ1) is 17.5. The first-order valence-corrected chi connectivity index (χ1v) is 13.3. The maximum atomic E-state index is 12.7. The molecular weight excluding hydrogens is 454 g/mol. The number of aryl methyl sites for hydroxylation is 2. The molecule has 0 fully saturated rings. The molecule has 194 valence electrons. The molecule has 1 aromatic carbocycles. The number of aromatic nitrogens is 1. The van der Waals surface area contributed by atoms with Gasteiger partial charge in [0.15, 0.2) is 0 Å². The van der Waals surface area contributed by atoms with Gasteiger partial charge in [0.05, 0.1) is 18.8 Å². The summed E-state index contributed by atoms with van der Waals surface area (Å²) in [5.74, 6) is 0.374. The minimum atomic E-state index is -0.388. The molecule has 0 spiro atoms. The van der Waals surface area contributed by atoms with Crippen molar-refractivity contribution in [2.45, 2.75) is 85.0 Å². The first-order valence-electron chi connectivity index (χ1n) is 13.3.